The Morgan fingerprint density at radius 1 is 0.944 bits per heavy atom. The molecule has 2 nitrogen and oxygen atoms in total. The van der Waals surface area contributed by atoms with Crippen LogP contribution in [-0.2, 0) is 6.61 Å². The third-order valence-corrected chi connectivity index (χ3v) is 2.69. The fourth-order valence-corrected chi connectivity index (χ4v) is 1.73. The molecule has 2 aromatic carbocycles. The monoisotopic (exact) mass is 241 g/mol. The molecule has 0 heterocycles. The van der Waals surface area contributed by atoms with Crippen molar-refractivity contribution >= 4 is 5.69 Å². The van der Waals surface area contributed by atoms with Gasteiger partial charge in [-0.05, 0) is 24.1 Å². The van der Waals surface area contributed by atoms with Gasteiger partial charge in [-0.2, -0.15) is 0 Å². The number of nitrogens with one attached hydrogen (secondary N) is 1. The summed E-state index contributed by atoms with van der Waals surface area (Å²) in [5.41, 5.74) is 2.25. The van der Waals surface area contributed by atoms with Gasteiger partial charge in [-0.3, -0.25) is 0 Å². The molecule has 0 aliphatic heterocycles. The van der Waals surface area contributed by atoms with Crippen molar-refractivity contribution in [3.8, 4) is 5.75 Å². The smallest absolute Gasteiger partial charge is 0.142 e. The van der Waals surface area contributed by atoms with Crippen LogP contribution in [0.5, 0.6) is 5.75 Å². The van der Waals surface area contributed by atoms with Crippen molar-refractivity contribution in [2.45, 2.75) is 20.0 Å². The van der Waals surface area contributed by atoms with Gasteiger partial charge in [0.2, 0.25) is 0 Å². The van der Waals surface area contributed by atoms with Crippen LogP contribution in [0.25, 0.3) is 0 Å². The molecule has 0 saturated carbocycles. The van der Waals surface area contributed by atoms with Crippen LogP contribution in [0.2, 0.25) is 0 Å². The Bertz CT molecular complexity index is 468. The SMILES string of the molecule is CCCNc1ccccc1OCc1ccccc1. The van der Waals surface area contributed by atoms with Crippen LogP contribution < -0.4 is 10.1 Å². The molecular formula is C16H19NO. The molecule has 0 saturated heterocycles. The van der Waals surface area contributed by atoms with Crippen molar-refractivity contribution in [1.82, 2.24) is 0 Å². The van der Waals surface area contributed by atoms with Crippen LogP contribution in [0.1, 0.15) is 18.9 Å². The van der Waals surface area contributed by atoms with Crippen molar-refractivity contribution in [3.63, 3.8) is 0 Å². The molecule has 2 rings (SSSR count). The highest BCUT2D eigenvalue weighted by molar-refractivity contribution is 5.56. The first-order valence-corrected chi connectivity index (χ1v) is 6.40. The quantitative estimate of drug-likeness (QED) is 0.822. The van der Waals surface area contributed by atoms with Gasteiger partial charge < -0.3 is 10.1 Å². The molecule has 0 amide bonds. The summed E-state index contributed by atoms with van der Waals surface area (Å²) >= 11 is 0. The van der Waals surface area contributed by atoms with Gasteiger partial charge in [-0.1, -0.05) is 49.4 Å². The van der Waals surface area contributed by atoms with Gasteiger partial charge >= 0.3 is 0 Å². The maximum Gasteiger partial charge on any atom is 0.142 e. The number of rotatable bonds is 6. The van der Waals surface area contributed by atoms with Crippen molar-refractivity contribution in [2.75, 3.05) is 11.9 Å². The summed E-state index contributed by atoms with van der Waals surface area (Å²) in [5.74, 6) is 0.912. The first kappa shape index (κ1) is 12.5. The number of para-hydroxylation sites is 2. The summed E-state index contributed by atoms with van der Waals surface area (Å²) in [4.78, 5) is 0. The molecule has 0 unspecified atom stereocenters. The number of ether oxygens (including phenoxy) is 1. The highest BCUT2D eigenvalue weighted by Gasteiger charge is 2.01. The summed E-state index contributed by atoms with van der Waals surface area (Å²) in [5, 5.41) is 3.37. The van der Waals surface area contributed by atoms with E-state index < -0.39 is 0 Å². The third kappa shape index (κ3) is 3.52. The molecule has 0 spiro atoms. The van der Waals surface area contributed by atoms with E-state index in [9.17, 15) is 0 Å². The van der Waals surface area contributed by atoms with Gasteiger partial charge in [0.25, 0.3) is 0 Å². The minimum atomic E-state index is 0.603. The molecule has 0 atom stereocenters. The van der Waals surface area contributed by atoms with Gasteiger partial charge in [0.05, 0.1) is 5.69 Å². The van der Waals surface area contributed by atoms with E-state index in [4.69, 9.17) is 4.74 Å². The Morgan fingerprint density at radius 2 is 1.67 bits per heavy atom. The van der Waals surface area contributed by atoms with E-state index in [1.54, 1.807) is 0 Å². The second kappa shape index (κ2) is 6.70. The van der Waals surface area contributed by atoms with Crippen molar-refractivity contribution in [3.05, 3.63) is 60.2 Å². The lowest BCUT2D eigenvalue weighted by Gasteiger charge is -2.12. The molecule has 0 radical (unpaired) electrons. The number of hydrogen-bond acceptors (Lipinski definition) is 2. The van der Waals surface area contributed by atoms with Gasteiger partial charge in [0, 0.05) is 6.54 Å². The van der Waals surface area contributed by atoms with Crippen LogP contribution in [0.15, 0.2) is 54.6 Å². The summed E-state index contributed by atoms with van der Waals surface area (Å²) in [6.07, 6.45) is 1.10. The van der Waals surface area contributed by atoms with Crippen LogP contribution in [0.3, 0.4) is 0 Å². The van der Waals surface area contributed by atoms with Gasteiger partial charge in [0.1, 0.15) is 12.4 Å². The normalized spacial score (nSPS) is 10.1. The maximum atomic E-state index is 5.86. The van der Waals surface area contributed by atoms with Crippen molar-refractivity contribution < 1.29 is 4.74 Å². The molecule has 0 aromatic heterocycles. The lowest BCUT2D eigenvalue weighted by atomic mass is 10.2. The molecule has 94 valence electrons. The van der Waals surface area contributed by atoms with E-state index in [1.807, 2.05) is 36.4 Å². The molecule has 1 N–H and O–H groups in total. The summed E-state index contributed by atoms with van der Waals surface area (Å²) < 4.78 is 5.86. The average molecular weight is 241 g/mol. The maximum absolute atomic E-state index is 5.86. The lowest BCUT2D eigenvalue weighted by molar-refractivity contribution is 0.307. The van der Waals surface area contributed by atoms with Crippen LogP contribution in [0, 0.1) is 0 Å². The zero-order chi connectivity index (χ0) is 12.6. The van der Waals surface area contributed by atoms with Gasteiger partial charge in [0.15, 0.2) is 0 Å². The zero-order valence-electron chi connectivity index (χ0n) is 10.7. The van der Waals surface area contributed by atoms with E-state index >= 15 is 0 Å². The number of hydrogen-bond donors (Lipinski definition) is 1. The minimum absolute atomic E-state index is 0.603. The zero-order valence-corrected chi connectivity index (χ0v) is 10.7. The second-order valence-corrected chi connectivity index (χ2v) is 4.20. The topological polar surface area (TPSA) is 21.3 Å². The van der Waals surface area contributed by atoms with Crippen LogP contribution >= 0.6 is 0 Å². The first-order chi connectivity index (χ1) is 8.90. The number of benzene rings is 2. The molecular weight excluding hydrogens is 222 g/mol. The Morgan fingerprint density at radius 3 is 2.44 bits per heavy atom. The van der Waals surface area contributed by atoms with E-state index in [0.29, 0.717) is 6.61 Å². The highest BCUT2D eigenvalue weighted by Crippen LogP contribution is 2.24. The first-order valence-electron chi connectivity index (χ1n) is 6.40. The van der Waals surface area contributed by atoms with Crippen molar-refractivity contribution in [1.29, 1.82) is 0 Å². The molecule has 2 aromatic rings. The highest BCUT2D eigenvalue weighted by atomic mass is 16.5. The third-order valence-electron chi connectivity index (χ3n) is 2.69. The Balaban J connectivity index is 2.00. The average Bonchev–Trinajstić information content (AvgIpc) is 2.45. The van der Waals surface area contributed by atoms with E-state index in [0.717, 1.165) is 24.4 Å². The largest absolute Gasteiger partial charge is 0.487 e. The van der Waals surface area contributed by atoms with Crippen molar-refractivity contribution in [2.24, 2.45) is 0 Å². The van der Waals surface area contributed by atoms with E-state index in [-0.39, 0.29) is 0 Å². The molecule has 0 fully saturated rings. The predicted octanol–water partition coefficient (Wildman–Crippen LogP) is 4.09. The standard InChI is InChI=1S/C16H19NO/c1-2-12-17-15-10-6-7-11-16(15)18-13-14-8-4-3-5-9-14/h3-11,17H,2,12-13H2,1H3. The van der Waals surface area contributed by atoms with Crippen LogP contribution in [0.4, 0.5) is 5.69 Å². The van der Waals surface area contributed by atoms with Crippen LogP contribution in [-0.4, -0.2) is 6.54 Å². The van der Waals surface area contributed by atoms with Gasteiger partial charge in [-0.15, -0.1) is 0 Å². The van der Waals surface area contributed by atoms with E-state index in [2.05, 4.69) is 30.4 Å². The van der Waals surface area contributed by atoms with E-state index in [1.165, 1.54) is 5.56 Å². The fraction of sp³-hybridized carbons (Fsp3) is 0.250. The summed E-state index contributed by atoms with van der Waals surface area (Å²) in [6.45, 7) is 3.72. The summed E-state index contributed by atoms with van der Waals surface area (Å²) in [7, 11) is 0. The molecule has 0 aliphatic rings. The number of anilines is 1. The molecule has 18 heavy (non-hydrogen) atoms. The predicted molar refractivity (Wildman–Crippen MR) is 76.0 cm³/mol. The Hall–Kier alpha value is -1.96. The molecule has 0 aliphatic carbocycles. The second-order valence-electron chi connectivity index (χ2n) is 4.20. The fourth-order valence-electron chi connectivity index (χ4n) is 1.73. The molecule has 0 bridgehead atoms. The Labute approximate surface area is 109 Å². The van der Waals surface area contributed by atoms with Gasteiger partial charge in [-0.25, -0.2) is 0 Å². The summed E-state index contributed by atoms with van der Waals surface area (Å²) in [6, 6.07) is 18.3. The lowest BCUT2D eigenvalue weighted by Crippen LogP contribution is -2.03. The Kier molecular flexibility index (Phi) is 4.65. The molecule has 2 heteroatoms. The minimum Gasteiger partial charge on any atom is -0.487 e.